The Labute approximate surface area is 259 Å². The molecule has 3 atom stereocenters. The van der Waals surface area contributed by atoms with E-state index in [1.54, 1.807) is 10.6 Å². The summed E-state index contributed by atoms with van der Waals surface area (Å²) in [5.74, 6) is 0.804. The van der Waals surface area contributed by atoms with E-state index >= 15 is 0 Å². The number of hydrogen-bond donors (Lipinski definition) is 2. The predicted octanol–water partition coefficient (Wildman–Crippen LogP) is 3.97. The van der Waals surface area contributed by atoms with E-state index in [4.69, 9.17) is 16.3 Å². The van der Waals surface area contributed by atoms with Crippen molar-refractivity contribution in [3.05, 3.63) is 57.7 Å². The highest BCUT2D eigenvalue weighted by molar-refractivity contribution is 6.31. The molecule has 0 unspecified atom stereocenters. The molecule has 5 heterocycles. The Morgan fingerprint density at radius 2 is 1.77 bits per heavy atom. The maximum atomic E-state index is 13.6. The average molecular weight is 622 g/mol. The number of aliphatic hydroxyl groups is 1. The molecule has 5 fully saturated rings. The first-order chi connectivity index (χ1) is 21.2. The van der Waals surface area contributed by atoms with Crippen LogP contribution in [0.1, 0.15) is 63.0 Å². The second-order valence-corrected chi connectivity index (χ2v) is 13.9. The van der Waals surface area contributed by atoms with Crippen LogP contribution >= 0.6 is 11.6 Å². The quantitative estimate of drug-likeness (QED) is 0.426. The lowest BCUT2D eigenvalue weighted by Gasteiger charge is -2.39. The van der Waals surface area contributed by atoms with Crippen LogP contribution in [0, 0.1) is 11.3 Å². The van der Waals surface area contributed by atoms with Crippen LogP contribution in [0.15, 0.2) is 41.5 Å². The fourth-order valence-electron chi connectivity index (χ4n) is 7.97. The van der Waals surface area contributed by atoms with Gasteiger partial charge in [-0.05, 0) is 81.0 Å². The number of ether oxygens (including phenoxy) is 1. The van der Waals surface area contributed by atoms with E-state index < -0.39 is 11.7 Å². The number of benzene rings is 1. The third-order valence-electron chi connectivity index (χ3n) is 10.7. The maximum Gasteiger partial charge on any atom is 0.407 e. The van der Waals surface area contributed by atoms with Crippen LogP contribution < -0.4 is 5.56 Å². The zero-order valence-corrected chi connectivity index (χ0v) is 25.2. The molecule has 2 aliphatic carbocycles. The first kappa shape index (κ1) is 28.1. The molecule has 8 rings (SSSR count). The van der Waals surface area contributed by atoms with E-state index in [0.29, 0.717) is 60.3 Å². The first-order valence-corrected chi connectivity index (χ1v) is 16.1. The van der Waals surface area contributed by atoms with Crippen LogP contribution in [0.25, 0.3) is 16.7 Å². The molecule has 2 bridgehead atoms. The van der Waals surface area contributed by atoms with Crippen molar-refractivity contribution in [3.8, 4) is 5.69 Å². The number of piperidine rings is 1. The number of carbonyl (C=O) groups excluding carboxylic acids is 1. The summed E-state index contributed by atoms with van der Waals surface area (Å²) in [5, 5.41) is 21.9. The summed E-state index contributed by atoms with van der Waals surface area (Å²) in [6, 6.07) is 8.66. The Morgan fingerprint density at radius 3 is 2.43 bits per heavy atom. The number of amides is 2. The molecule has 12 heteroatoms. The highest BCUT2D eigenvalue weighted by Crippen LogP contribution is 2.62. The molecule has 3 aromatic rings. The van der Waals surface area contributed by atoms with Crippen molar-refractivity contribution in [1.29, 1.82) is 0 Å². The van der Waals surface area contributed by atoms with Crippen molar-refractivity contribution in [2.24, 2.45) is 11.3 Å². The number of hydrogen-bond acceptors (Lipinski definition) is 6. The average Bonchev–Trinajstić information content (AvgIpc) is 3.94. The Morgan fingerprint density at radius 1 is 1.05 bits per heavy atom. The summed E-state index contributed by atoms with van der Waals surface area (Å²) in [5.41, 5.74) is 0.397. The number of carbonyl (C=O) groups is 2. The first-order valence-electron chi connectivity index (χ1n) is 15.7. The number of likely N-dealkylation sites (tertiary alicyclic amines) is 2. The van der Waals surface area contributed by atoms with Gasteiger partial charge in [0.1, 0.15) is 11.5 Å². The molecule has 3 aliphatic heterocycles. The van der Waals surface area contributed by atoms with Crippen molar-refractivity contribution in [1.82, 2.24) is 23.9 Å². The van der Waals surface area contributed by atoms with E-state index in [0.717, 1.165) is 44.1 Å². The smallest absolute Gasteiger partial charge is 0.407 e. The van der Waals surface area contributed by atoms with Gasteiger partial charge in [-0.1, -0.05) is 23.7 Å². The largest absolute Gasteiger partial charge is 0.465 e. The highest BCUT2D eigenvalue weighted by Gasteiger charge is 2.60. The molecule has 1 aromatic carbocycles. The summed E-state index contributed by atoms with van der Waals surface area (Å²) in [4.78, 5) is 46.7. The van der Waals surface area contributed by atoms with Crippen molar-refractivity contribution >= 4 is 34.6 Å². The van der Waals surface area contributed by atoms with Gasteiger partial charge in [0.25, 0.3) is 5.56 Å². The number of halogens is 1. The fraction of sp³-hybridized carbons (Fsp3) is 0.562. The molecule has 2 N–H and O–H groups in total. The predicted molar refractivity (Wildman–Crippen MR) is 161 cm³/mol. The zero-order valence-electron chi connectivity index (χ0n) is 24.4. The summed E-state index contributed by atoms with van der Waals surface area (Å²) >= 11 is 6.65. The highest BCUT2D eigenvalue weighted by atomic mass is 35.5. The standard InChI is InChI=1S/C32H36ClN5O6/c33-25-15-23-27(38(25)21-5-1-19(2-6-21)26-24-8-7-22(44-24)16-37(26)30(41)42)34-18-36(28(23)39)17-31(43)11-13-35(14-12-31)29(40)32(9-10-32)20-3-4-20/h1-2,5-6,15,18,20,22,24,26,43H,3-4,7-14,16-17H2,(H,41,42)/t22-,24+,26-/m0/s1. The van der Waals surface area contributed by atoms with E-state index in [9.17, 15) is 24.6 Å². The molecule has 2 aromatic heterocycles. The maximum absolute atomic E-state index is 13.6. The van der Waals surface area contributed by atoms with E-state index in [-0.39, 0.29) is 41.7 Å². The molecule has 2 amide bonds. The van der Waals surface area contributed by atoms with Crippen LogP contribution in [0.4, 0.5) is 4.79 Å². The molecular weight excluding hydrogens is 586 g/mol. The summed E-state index contributed by atoms with van der Waals surface area (Å²) in [7, 11) is 0. The Bertz CT molecular complexity index is 1700. The van der Waals surface area contributed by atoms with Gasteiger partial charge in [0.05, 0.1) is 47.7 Å². The number of rotatable bonds is 6. The number of fused-ring (bicyclic) bond motifs is 3. The van der Waals surface area contributed by atoms with Gasteiger partial charge in [-0.15, -0.1) is 0 Å². The lowest BCUT2D eigenvalue weighted by molar-refractivity contribution is -0.142. The Kier molecular flexibility index (Phi) is 6.42. The van der Waals surface area contributed by atoms with Crippen LogP contribution in [0.2, 0.25) is 5.15 Å². The van der Waals surface area contributed by atoms with Crippen molar-refractivity contribution in [2.45, 2.75) is 81.8 Å². The second-order valence-electron chi connectivity index (χ2n) is 13.5. The monoisotopic (exact) mass is 621 g/mol. The van der Waals surface area contributed by atoms with Gasteiger partial charge in [0.2, 0.25) is 5.91 Å². The van der Waals surface area contributed by atoms with E-state index in [1.807, 2.05) is 29.2 Å². The number of aromatic nitrogens is 3. The Hall–Kier alpha value is -3.41. The summed E-state index contributed by atoms with van der Waals surface area (Å²) in [6.07, 6.45) is 7.05. The molecule has 2 saturated carbocycles. The summed E-state index contributed by atoms with van der Waals surface area (Å²) in [6.45, 7) is 1.43. The molecule has 0 spiro atoms. The second kappa shape index (κ2) is 10.1. The third kappa shape index (κ3) is 4.54. The van der Waals surface area contributed by atoms with Gasteiger partial charge >= 0.3 is 6.09 Å². The fourth-order valence-corrected chi connectivity index (χ4v) is 8.26. The normalized spacial score (nSPS) is 27.1. The molecule has 5 aliphatic rings. The lowest BCUT2D eigenvalue weighted by Crippen LogP contribution is -2.51. The molecule has 232 valence electrons. The van der Waals surface area contributed by atoms with Crippen molar-refractivity contribution in [2.75, 3.05) is 19.6 Å². The molecule has 44 heavy (non-hydrogen) atoms. The third-order valence-corrected chi connectivity index (χ3v) is 11.0. The lowest BCUT2D eigenvalue weighted by atomic mass is 9.89. The van der Waals surface area contributed by atoms with Gasteiger partial charge in [0.15, 0.2) is 5.65 Å². The minimum Gasteiger partial charge on any atom is -0.465 e. The minimum atomic E-state index is -1.11. The van der Waals surface area contributed by atoms with Crippen LogP contribution in [-0.4, -0.2) is 83.6 Å². The van der Waals surface area contributed by atoms with E-state index in [2.05, 4.69) is 4.98 Å². The number of morpholine rings is 1. The Balaban J connectivity index is 1.01. The van der Waals surface area contributed by atoms with Gasteiger partial charge < -0.3 is 19.8 Å². The van der Waals surface area contributed by atoms with Crippen LogP contribution in [-0.2, 0) is 16.1 Å². The summed E-state index contributed by atoms with van der Waals surface area (Å²) < 4.78 is 9.17. The van der Waals surface area contributed by atoms with Crippen LogP contribution in [0.5, 0.6) is 0 Å². The van der Waals surface area contributed by atoms with E-state index in [1.165, 1.54) is 15.8 Å². The van der Waals surface area contributed by atoms with Gasteiger partial charge in [0, 0.05) is 18.8 Å². The topological polar surface area (TPSA) is 130 Å². The van der Waals surface area contributed by atoms with Gasteiger partial charge in [-0.3, -0.25) is 23.6 Å². The van der Waals surface area contributed by atoms with Crippen molar-refractivity contribution in [3.63, 3.8) is 0 Å². The van der Waals surface area contributed by atoms with Crippen molar-refractivity contribution < 1.29 is 24.5 Å². The molecular formula is C32H36ClN5O6. The van der Waals surface area contributed by atoms with Crippen LogP contribution in [0.3, 0.4) is 0 Å². The minimum absolute atomic E-state index is 0.0451. The number of carboxylic acid groups (broad SMARTS) is 1. The van der Waals surface area contributed by atoms with Gasteiger partial charge in [-0.2, -0.15) is 0 Å². The SMILES string of the molecule is O=C(O)N1C[C@@H]2CC[C@@H](O2)[C@@H]1c1ccc(-n2c(Cl)cc3c(=O)n(CC4(O)CCN(C(=O)C5(C6CC6)CC5)CC4)cnc32)cc1. The van der Waals surface area contributed by atoms with Gasteiger partial charge in [-0.25, -0.2) is 9.78 Å². The molecule has 0 radical (unpaired) electrons. The number of nitrogens with zero attached hydrogens (tertiary/aromatic N) is 5. The zero-order chi connectivity index (χ0) is 30.4. The molecule has 11 nitrogen and oxygen atoms in total. The molecule has 3 saturated heterocycles.